The smallest absolute Gasteiger partial charge is 0.193 e. The molecule has 2 atom stereocenters. The van der Waals surface area contributed by atoms with E-state index in [1.165, 1.54) is 0 Å². The summed E-state index contributed by atoms with van der Waals surface area (Å²) in [6.07, 6.45) is 9.66. The molecule has 1 aliphatic heterocycles. The van der Waals surface area contributed by atoms with Crippen molar-refractivity contribution in [1.82, 2.24) is 24.8 Å². The molecule has 2 aromatic heterocycles. The van der Waals surface area contributed by atoms with E-state index in [9.17, 15) is 0 Å². The number of hydrogen-bond donors (Lipinski definition) is 1. The van der Waals surface area contributed by atoms with Crippen molar-refractivity contribution in [1.29, 1.82) is 0 Å². The molecule has 0 amide bonds. The molecule has 1 fully saturated rings. The van der Waals surface area contributed by atoms with Gasteiger partial charge in [0.2, 0.25) is 0 Å². The lowest BCUT2D eigenvalue weighted by Gasteiger charge is -2.39. The van der Waals surface area contributed by atoms with Crippen molar-refractivity contribution in [2.24, 2.45) is 10.9 Å². The van der Waals surface area contributed by atoms with E-state index in [1.807, 2.05) is 44.1 Å². The summed E-state index contributed by atoms with van der Waals surface area (Å²) < 4.78 is 2.21. The summed E-state index contributed by atoms with van der Waals surface area (Å²) in [7, 11) is 1.84. The Morgan fingerprint density at radius 1 is 1.44 bits per heavy atom. The van der Waals surface area contributed by atoms with Crippen LogP contribution in [0.5, 0.6) is 0 Å². The van der Waals surface area contributed by atoms with Gasteiger partial charge < -0.3 is 14.8 Å². The number of likely N-dealkylation sites (tertiary alicyclic amines) is 1. The highest BCUT2D eigenvalue weighted by Gasteiger charge is 2.28. The van der Waals surface area contributed by atoms with Crippen LogP contribution in [0.2, 0.25) is 5.15 Å². The first-order valence-corrected chi connectivity index (χ1v) is 9.08. The van der Waals surface area contributed by atoms with Gasteiger partial charge in [0.25, 0.3) is 0 Å². The Labute approximate surface area is 153 Å². The molecule has 3 rings (SSSR count). The van der Waals surface area contributed by atoms with Crippen LogP contribution in [0.3, 0.4) is 0 Å². The second-order valence-corrected chi connectivity index (χ2v) is 6.89. The van der Waals surface area contributed by atoms with Gasteiger partial charge in [-0.25, -0.2) is 9.97 Å². The number of aliphatic imine (C=N–C) groups is 1. The van der Waals surface area contributed by atoms with E-state index >= 15 is 0 Å². The van der Waals surface area contributed by atoms with E-state index in [1.54, 1.807) is 0 Å². The van der Waals surface area contributed by atoms with E-state index in [2.05, 4.69) is 36.7 Å². The van der Waals surface area contributed by atoms with E-state index < -0.39 is 0 Å². The molecule has 2 unspecified atom stereocenters. The van der Waals surface area contributed by atoms with E-state index in [0.717, 1.165) is 44.0 Å². The number of aromatic nitrogens is 3. The lowest BCUT2D eigenvalue weighted by Crippen LogP contribution is -2.49. The second-order valence-electron chi connectivity index (χ2n) is 6.50. The fourth-order valence-electron chi connectivity index (χ4n) is 3.30. The van der Waals surface area contributed by atoms with Crippen molar-refractivity contribution in [3.8, 4) is 0 Å². The zero-order valence-electron chi connectivity index (χ0n) is 14.8. The molecule has 0 radical (unpaired) electrons. The average molecular weight is 361 g/mol. The Kier molecular flexibility index (Phi) is 5.91. The number of imidazole rings is 1. The first-order chi connectivity index (χ1) is 12.2. The number of rotatable bonds is 4. The van der Waals surface area contributed by atoms with Gasteiger partial charge in [0, 0.05) is 45.3 Å². The molecular weight excluding hydrogens is 336 g/mol. The summed E-state index contributed by atoms with van der Waals surface area (Å²) in [6.45, 7) is 5.09. The standard InChI is InChI=1S/C18H25ClN6/c1-14-6-9-24(12-16(14)25-10-8-21-13-25)18(20-2)22-7-5-15-3-4-17(19)23-11-15/h3-4,8,10-11,13-14,16H,5-7,9,12H2,1-2H3,(H,20,22). The highest BCUT2D eigenvalue weighted by Crippen LogP contribution is 2.27. The maximum atomic E-state index is 5.83. The maximum Gasteiger partial charge on any atom is 0.193 e. The highest BCUT2D eigenvalue weighted by molar-refractivity contribution is 6.29. The van der Waals surface area contributed by atoms with E-state index in [-0.39, 0.29) is 0 Å². The topological polar surface area (TPSA) is 58.3 Å². The Morgan fingerprint density at radius 2 is 2.32 bits per heavy atom. The minimum Gasteiger partial charge on any atom is -0.356 e. The SMILES string of the molecule is CN=C(NCCc1ccc(Cl)nc1)N1CCC(C)C(n2ccnc2)C1. The molecule has 0 aliphatic carbocycles. The maximum absolute atomic E-state index is 5.83. The number of hydrogen-bond acceptors (Lipinski definition) is 3. The van der Waals surface area contributed by atoms with Crippen LogP contribution in [0.4, 0.5) is 0 Å². The Morgan fingerprint density at radius 3 is 3.00 bits per heavy atom. The monoisotopic (exact) mass is 360 g/mol. The van der Waals surface area contributed by atoms with Gasteiger partial charge in [-0.05, 0) is 30.4 Å². The predicted molar refractivity (Wildman–Crippen MR) is 101 cm³/mol. The molecule has 2 aromatic rings. The molecule has 1 aliphatic rings. The molecule has 25 heavy (non-hydrogen) atoms. The predicted octanol–water partition coefficient (Wildman–Crippen LogP) is 2.63. The van der Waals surface area contributed by atoms with Crippen LogP contribution in [-0.2, 0) is 6.42 Å². The molecule has 3 heterocycles. The zero-order chi connectivity index (χ0) is 17.6. The summed E-state index contributed by atoms with van der Waals surface area (Å²) in [5, 5.41) is 4.00. The number of guanidine groups is 1. The van der Waals surface area contributed by atoms with Crippen LogP contribution in [-0.4, -0.2) is 52.1 Å². The fraction of sp³-hybridized carbons (Fsp3) is 0.500. The molecule has 0 bridgehead atoms. The van der Waals surface area contributed by atoms with Gasteiger partial charge >= 0.3 is 0 Å². The number of halogens is 1. The lowest BCUT2D eigenvalue weighted by atomic mass is 9.93. The molecular formula is C18H25ClN6. The van der Waals surface area contributed by atoms with Crippen molar-refractivity contribution in [3.05, 3.63) is 47.8 Å². The van der Waals surface area contributed by atoms with Gasteiger partial charge in [-0.3, -0.25) is 4.99 Å². The van der Waals surface area contributed by atoms with Gasteiger partial charge in [0.05, 0.1) is 12.4 Å². The Hall–Kier alpha value is -2.08. The van der Waals surface area contributed by atoms with Crippen LogP contribution >= 0.6 is 11.6 Å². The van der Waals surface area contributed by atoms with Gasteiger partial charge in [-0.15, -0.1) is 0 Å². The summed E-state index contributed by atoms with van der Waals surface area (Å²) in [5.41, 5.74) is 1.16. The quantitative estimate of drug-likeness (QED) is 0.517. The third-order valence-corrected chi connectivity index (χ3v) is 5.05. The van der Waals surface area contributed by atoms with Crippen molar-refractivity contribution >= 4 is 17.6 Å². The van der Waals surface area contributed by atoms with Crippen LogP contribution in [0.25, 0.3) is 0 Å². The van der Waals surface area contributed by atoms with Gasteiger partial charge in [0.15, 0.2) is 5.96 Å². The molecule has 0 aromatic carbocycles. The average Bonchev–Trinajstić information content (AvgIpc) is 3.15. The number of piperidine rings is 1. The highest BCUT2D eigenvalue weighted by atomic mass is 35.5. The summed E-state index contributed by atoms with van der Waals surface area (Å²) in [6, 6.07) is 4.26. The first-order valence-electron chi connectivity index (χ1n) is 8.71. The van der Waals surface area contributed by atoms with Crippen LogP contribution in [0.15, 0.2) is 42.0 Å². The van der Waals surface area contributed by atoms with Crippen LogP contribution in [0.1, 0.15) is 24.9 Å². The molecule has 6 nitrogen and oxygen atoms in total. The molecule has 1 N–H and O–H groups in total. The normalized spacial score (nSPS) is 21.4. The summed E-state index contributed by atoms with van der Waals surface area (Å²) in [4.78, 5) is 15.1. The summed E-state index contributed by atoms with van der Waals surface area (Å²) >= 11 is 5.83. The molecule has 7 heteroatoms. The largest absolute Gasteiger partial charge is 0.356 e. The van der Waals surface area contributed by atoms with Crippen molar-refractivity contribution in [2.75, 3.05) is 26.7 Å². The minimum absolute atomic E-state index is 0.426. The third kappa shape index (κ3) is 4.51. The van der Waals surface area contributed by atoms with Gasteiger partial charge in [-0.2, -0.15) is 0 Å². The van der Waals surface area contributed by atoms with Crippen molar-refractivity contribution < 1.29 is 0 Å². The zero-order valence-corrected chi connectivity index (χ0v) is 15.5. The van der Waals surface area contributed by atoms with Crippen molar-refractivity contribution in [2.45, 2.75) is 25.8 Å². The molecule has 134 valence electrons. The van der Waals surface area contributed by atoms with E-state index in [4.69, 9.17) is 11.6 Å². The number of nitrogens with zero attached hydrogens (tertiary/aromatic N) is 5. The van der Waals surface area contributed by atoms with E-state index in [0.29, 0.717) is 17.1 Å². The molecule has 0 saturated carbocycles. The Bertz CT molecular complexity index is 682. The lowest BCUT2D eigenvalue weighted by molar-refractivity contribution is 0.189. The van der Waals surface area contributed by atoms with Crippen molar-refractivity contribution in [3.63, 3.8) is 0 Å². The fourth-order valence-corrected chi connectivity index (χ4v) is 3.41. The van der Waals surface area contributed by atoms with Crippen LogP contribution < -0.4 is 5.32 Å². The van der Waals surface area contributed by atoms with Gasteiger partial charge in [-0.1, -0.05) is 24.6 Å². The Balaban J connectivity index is 1.56. The first kappa shape index (κ1) is 17.7. The van der Waals surface area contributed by atoms with Crippen LogP contribution in [0, 0.1) is 5.92 Å². The minimum atomic E-state index is 0.426. The summed E-state index contributed by atoms with van der Waals surface area (Å²) in [5.74, 6) is 1.59. The molecule has 1 saturated heterocycles. The molecule has 0 spiro atoms. The third-order valence-electron chi connectivity index (χ3n) is 4.82. The number of pyridine rings is 1. The van der Waals surface area contributed by atoms with Gasteiger partial charge in [0.1, 0.15) is 5.15 Å². The number of nitrogens with one attached hydrogen (secondary N) is 1. The second kappa shape index (κ2) is 8.34.